The van der Waals surface area contributed by atoms with Crippen molar-refractivity contribution in [3.63, 3.8) is 0 Å². The highest BCUT2D eigenvalue weighted by atomic mass is 16.2. The predicted octanol–water partition coefficient (Wildman–Crippen LogP) is 2.73. The number of allylic oxidation sites excluding steroid dienone is 1. The molecule has 2 aliphatic heterocycles. The van der Waals surface area contributed by atoms with E-state index in [1.807, 2.05) is 26.8 Å². The molecule has 1 aromatic heterocycles. The number of aromatic nitrogens is 1. The molecule has 2 amide bonds. The van der Waals surface area contributed by atoms with Gasteiger partial charge in [0.1, 0.15) is 0 Å². The molecule has 6 heteroatoms. The Morgan fingerprint density at radius 2 is 1.89 bits per heavy atom. The molecule has 1 aromatic rings. The van der Waals surface area contributed by atoms with E-state index in [9.17, 15) is 9.59 Å². The van der Waals surface area contributed by atoms with Crippen LogP contribution in [0, 0.1) is 5.41 Å². The van der Waals surface area contributed by atoms with Crippen LogP contribution in [0.1, 0.15) is 68.1 Å². The zero-order valence-corrected chi connectivity index (χ0v) is 16.3. The van der Waals surface area contributed by atoms with Crippen molar-refractivity contribution in [2.45, 2.75) is 71.0 Å². The average molecular weight is 368 g/mol. The number of nitrogens with zero attached hydrogens (tertiary/aromatic N) is 2. The van der Waals surface area contributed by atoms with Crippen molar-refractivity contribution < 1.29 is 9.59 Å². The number of anilines is 1. The summed E-state index contributed by atoms with van der Waals surface area (Å²) in [6.45, 7) is 5.97. The number of hydrogen-bond acceptors (Lipinski definition) is 4. The van der Waals surface area contributed by atoms with Crippen LogP contribution in [0.15, 0.2) is 12.3 Å². The van der Waals surface area contributed by atoms with Crippen molar-refractivity contribution in [3.05, 3.63) is 29.1 Å². The van der Waals surface area contributed by atoms with Gasteiger partial charge >= 0.3 is 0 Å². The molecular formula is C21H28N4O2. The zero-order chi connectivity index (χ0) is 19.3. The van der Waals surface area contributed by atoms with Crippen LogP contribution in [-0.2, 0) is 11.2 Å². The topological polar surface area (TPSA) is 88.3 Å². The van der Waals surface area contributed by atoms with Gasteiger partial charge in [0.05, 0.1) is 16.9 Å². The summed E-state index contributed by atoms with van der Waals surface area (Å²) >= 11 is 0. The molecule has 0 saturated carbocycles. The normalized spacial score (nSPS) is 26.2. The molecule has 3 heterocycles. The molecule has 27 heavy (non-hydrogen) atoms. The van der Waals surface area contributed by atoms with Crippen molar-refractivity contribution in [3.8, 4) is 0 Å². The van der Waals surface area contributed by atoms with Crippen molar-refractivity contribution in [1.29, 1.82) is 0 Å². The molecule has 2 saturated heterocycles. The van der Waals surface area contributed by atoms with E-state index in [0.717, 1.165) is 49.0 Å². The van der Waals surface area contributed by atoms with Crippen LogP contribution >= 0.6 is 0 Å². The second kappa shape index (κ2) is 6.36. The van der Waals surface area contributed by atoms with Crippen LogP contribution in [-0.4, -0.2) is 39.8 Å². The van der Waals surface area contributed by atoms with Crippen LogP contribution in [0.4, 0.5) is 5.69 Å². The fourth-order valence-electron chi connectivity index (χ4n) is 4.76. The quantitative estimate of drug-likeness (QED) is 0.859. The summed E-state index contributed by atoms with van der Waals surface area (Å²) in [5, 5.41) is 3.60. The number of nitrogens with one attached hydrogen (secondary N) is 1. The Balaban J connectivity index is 1.57. The number of hydrogen-bond donors (Lipinski definition) is 2. The number of pyridine rings is 1. The number of nitrogens with two attached hydrogens (primary N) is 1. The maximum Gasteiger partial charge on any atom is 0.252 e. The Hall–Kier alpha value is -2.37. The fraction of sp³-hybridized carbons (Fsp3) is 0.571. The predicted molar refractivity (Wildman–Crippen MR) is 105 cm³/mol. The van der Waals surface area contributed by atoms with Gasteiger partial charge in [-0.2, -0.15) is 0 Å². The summed E-state index contributed by atoms with van der Waals surface area (Å²) < 4.78 is 0. The Morgan fingerprint density at radius 1 is 1.22 bits per heavy atom. The number of amides is 2. The van der Waals surface area contributed by atoms with E-state index in [1.165, 1.54) is 0 Å². The second-order valence-electron chi connectivity index (χ2n) is 9.04. The lowest BCUT2D eigenvalue weighted by atomic mass is 9.89. The van der Waals surface area contributed by atoms with E-state index < -0.39 is 5.91 Å². The molecular weight excluding hydrogens is 340 g/mol. The van der Waals surface area contributed by atoms with Gasteiger partial charge in [0.25, 0.3) is 5.91 Å². The number of primary amides is 1. The van der Waals surface area contributed by atoms with Crippen LogP contribution in [0.2, 0.25) is 0 Å². The highest BCUT2D eigenvalue weighted by molar-refractivity contribution is 6.00. The van der Waals surface area contributed by atoms with Gasteiger partial charge in [-0.25, -0.2) is 0 Å². The molecule has 6 nitrogen and oxygen atoms in total. The van der Waals surface area contributed by atoms with E-state index >= 15 is 0 Å². The Morgan fingerprint density at radius 3 is 2.48 bits per heavy atom. The first-order chi connectivity index (χ1) is 12.8. The van der Waals surface area contributed by atoms with Gasteiger partial charge in [0, 0.05) is 41.7 Å². The molecule has 2 bridgehead atoms. The summed E-state index contributed by atoms with van der Waals surface area (Å²) in [7, 11) is 0. The number of carbonyl (C=O) groups is 2. The lowest BCUT2D eigenvalue weighted by Crippen LogP contribution is -2.53. The molecule has 1 aliphatic carbocycles. The molecule has 0 unspecified atom stereocenters. The molecule has 144 valence electrons. The first kappa shape index (κ1) is 18.0. The standard InChI is InChI=1S/C21H28N4O2/c1-21(2,3)20(27)25-13-7-8-14(25)10-12(9-13)24-18-15-5-4-6-17(15)23-11-16(18)19(22)26/h4-5,11-14H,6-10H2,1-3H3,(H2,22,26)(H,23,24)/t13-,14-/m0/s1. The monoisotopic (exact) mass is 368 g/mol. The number of rotatable bonds is 3. The van der Waals surface area contributed by atoms with Gasteiger partial charge in [-0.1, -0.05) is 32.9 Å². The average Bonchev–Trinajstić information content (AvgIpc) is 3.16. The van der Waals surface area contributed by atoms with E-state index in [-0.39, 0.29) is 29.4 Å². The van der Waals surface area contributed by atoms with Crippen molar-refractivity contribution in [2.75, 3.05) is 5.32 Å². The van der Waals surface area contributed by atoms with E-state index in [2.05, 4.69) is 21.3 Å². The molecule has 2 atom stereocenters. The van der Waals surface area contributed by atoms with Crippen molar-refractivity contribution >= 4 is 23.6 Å². The van der Waals surface area contributed by atoms with Crippen LogP contribution in [0.25, 0.3) is 6.08 Å². The maximum atomic E-state index is 12.9. The van der Waals surface area contributed by atoms with Gasteiger partial charge in [0.2, 0.25) is 5.91 Å². The number of piperidine rings is 1. The van der Waals surface area contributed by atoms with Crippen LogP contribution in [0.5, 0.6) is 0 Å². The van der Waals surface area contributed by atoms with Gasteiger partial charge in [0.15, 0.2) is 0 Å². The molecule has 2 fully saturated rings. The highest BCUT2D eigenvalue weighted by Gasteiger charge is 2.45. The number of carbonyl (C=O) groups excluding carboxylic acids is 2. The third kappa shape index (κ3) is 3.11. The molecule has 0 spiro atoms. The first-order valence-electron chi connectivity index (χ1n) is 9.83. The maximum absolute atomic E-state index is 12.9. The highest BCUT2D eigenvalue weighted by Crippen LogP contribution is 2.40. The van der Waals surface area contributed by atoms with Crippen LogP contribution < -0.4 is 11.1 Å². The molecule has 0 aromatic carbocycles. The van der Waals surface area contributed by atoms with Gasteiger partial charge in [-0.05, 0) is 25.7 Å². The summed E-state index contributed by atoms with van der Waals surface area (Å²) in [6.07, 6.45) is 10.4. The largest absolute Gasteiger partial charge is 0.381 e. The van der Waals surface area contributed by atoms with E-state index in [0.29, 0.717) is 5.56 Å². The lowest BCUT2D eigenvalue weighted by Gasteiger charge is -2.42. The zero-order valence-electron chi connectivity index (χ0n) is 16.3. The van der Waals surface area contributed by atoms with Gasteiger partial charge in [-0.15, -0.1) is 0 Å². The second-order valence-corrected chi connectivity index (χ2v) is 9.04. The minimum Gasteiger partial charge on any atom is -0.381 e. The molecule has 3 N–H and O–H groups in total. The summed E-state index contributed by atoms with van der Waals surface area (Å²) in [5.74, 6) is -0.213. The van der Waals surface area contributed by atoms with Gasteiger partial charge < -0.3 is 16.0 Å². The molecule has 4 rings (SSSR count). The summed E-state index contributed by atoms with van der Waals surface area (Å²) in [4.78, 5) is 31.3. The lowest BCUT2D eigenvalue weighted by molar-refractivity contribution is -0.144. The third-order valence-electron chi connectivity index (χ3n) is 6.02. The van der Waals surface area contributed by atoms with Crippen molar-refractivity contribution in [1.82, 2.24) is 9.88 Å². The smallest absolute Gasteiger partial charge is 0.252 e. The van der Waals surface area contributed by atoms with E-state index in [4.69, 9.17) is 5.73 Å². The van der Waals surface area contributed by atoms with Crippen LogP contribution in [0.3, 0.4) is 0 Å². The third-order valence-corrected chi connectivity index (χ3v) is 6.02. The Labute approximate surface area is 160 Å². The minimum absolute atomic E-state index is 0.227. The number of fused-ring (bicyclic) bond motifs is 3. The minimum atomic E-state index is -0.462. The SMILES string of the molecule is CC(C)(C)C(=O)N1[C@H]2CC[C@H]1CC(Nc1c(C(N)=O)cnc3c1C=CC3)C2. The van der Waals surface area contributed by atoms with Gasteiger partial charge in [-0.3, -0.25) is 14.6 Å². The summed E-state index contributed by atoms with van der Waals surface area (Å²) in [5.41, 5.74) is 8.45. The molecule has 0 radical (unpaired) electrons. The fourth-order valence-corrected chi connectivity index (χ4v) is 4.76. The molecule has 3 aliphatic rings. The van der Waals surface area contributed by atoms with Crippen molar-refractivity contribution in [2.24, 2.45) is 11.1 Å². The Bertz CT molecular complexity index is 810. The summed E-state index contributed by atoms with van der Waals surface area (Å²) in [6, 6.07) is 0.774. The first-order valence-corrected chi connectivity index (χ1v) is 9.83. The van der Waals surface area contributed by atoms with E-state index in [1.54, 1.807) is 6.20 Å². The Kier molecular flexibility index (Phi) is 4.24.